The summed E-state index contributed by atoms with van der Waals surface area (Å²) in [5, 5.41) is 3.41. The molecule has 0 spiro atoms. The van der Waals surface area contributed by atoms with E-state index in [9.17, 15) is 22.4 Å². The molecule has 0 heterocycles. The molecule has 3 rings (SSSR count). The maximum atomic E-state index is 14.0. The fraction of sp³-hybridized carbons (Fsp3) is 0.355. The summed E-state index contributed by atoms with van der Waals surface area (Å²) >= 11 is 6.05. The number of hydrogen-bond donors (Lipinski definition) is 1. The zero-order valence-corrected chi connectivity index (χ0v) is 25.6. The zero-order chi connectivity index (χ0) is 30.7. The second-order valence-electron chi connectivity index (χ2n) is 9.61. The number of carbonyl (C=O) groups is 2. The molecule has 226 valence electrons. The van der Waals surface area contributed by atoms with Gasteiger partial charge < -0.3 is 15.0 Å². The number of halogens is 2. The van der Waals surface area contributed by atoms with E-state index in [-0.39, 0.29) is 23.0 Å². The van der Waals surface area contributed by atoms with E-state index < -0.39 is 34.3 Å². The molecule has 0 bridgehead atoms. The fourth-order valence-electron chi connectivity index (χ4n) is 4.35. The van der Waals surface area contributed by atoms with Crippen LogP contribution in [0.25, 0.3) is 0 Å². The van der Waals surface area contributed by atoms with E-state index in [1.807, 2.05) is 13.8 Å². The molecule has 8 nitrogen and oxygen atoms in total. The molecule has 11 heteroatoms. The number of unbranched alkanes of at least 4 members (excludes halogenated alkanes) is 1. The lowest BCUT2D eigenvalue weighted by Gasteiger charge is -2.33. The molecule has 1 N–H and O–H groups in total. The molecule has 1 unspecified atom stereocenters. The van der Waals surface area contributed by atoms with Gasteiger partial charge in [0.25, 0.3) is 10.0 Å². The summed E-state index contributed by atoms with van der Waals surface area (Å²) in [6.07, 6.45) is 1.98. The summed E-state index contributed by atoms with van der Waals surface area (Å²) in [6.45, 7) is 5.92. The van der Waals surface area contributed by atoms with Crippen LogP contribution in [-0.4, -0.2) is 50.9 Å². The molecular weight excluding hydrogens is 581 g/mol. The van der Waals surface area contributed by atoms with Crippen LogP contribution in [-0.2, 0) is 26.2 Å². The van der Waals surface area contributed by atoms with Gasteiger partial charge in [0.05, 0.1) is 17.2 Å². The summed E-state index contributed by atoms with van der Waals surface area (Å²) in [4.78, 5) is 28.6. The Morgan fingerprint density at radius 1 is 0.952 bits per heavy atom. The third-order valence-electron chi connectivity index (χ3n) is 6.60. The lowest BCUT2D eigenvalue weighted by atomic mass is 10.1. The van der Waals surface area contributed by atoms with Crippen LogP contribution in [0.5, 0.6) is 5.75 Å². The average molecular weight is 618 g/mol. The quantitative estimate of drug-likeness (QED) is 0.218. The monoisotopic (exact) mass is 617 g/mol. The Bertz CT molecular complexity index is 1420. The largest absolute Gasteiger partial charge is 0.494 e. The number of nitrogens with zero attached hydrogens (tertiary/aromatic N) is 2. The van der Waals surface area contributed by atoms with Crippen LogP contribution in [0, 0.1) is 5.82 Å². The highest BCUT2D eigenvalue weighted by molar-refractivity contribution is 7.92. The zero-order valence-electron chi connectivity index (χ0n) is 24.1. The lowest BCUT2D eigenvalue weighted by Crippen LogP contribution is -2.52. The Morgan fingerprint density at radius 3 is 2.17 bits per heavy atom. The minimum absolute atomic E-state index is 0.0517. The first-order valence-electron chi connectivity index (χ1n) is 13.9. The molecule has 0 aliphatic rings. The van der Waals surface area contributed by atoms with Crippen LogP contribution in [0.1, 0.15) is 45.6 Å². The summed E-state index contributed by atoms with van der Waals surface area (Å²) < 4.78 is 48.0. The van der Waals surface area contributed by atoms with Gasteiger partial charge in [-0.05, 0) is 86.0 Å². The highest BCUT2D eigenvalue weighted by Gasteiger charge is 2.33. The normalized spacial score (nSPS) is 11.9. The number of amides is 2. The molecule has 3 aromatic rings. The standard InChI is InChI=1S/C31H37ClFN3O5S/c1-4-7-20-34-31(38)29(5-2)35(21-23-8-10-24(32)11-9-23)30(37)22-36(26-14-12-25(33)13-15-26)42(39,40)28-18-16-27(17-19-28)41-6-3/h8-19,29H,4-7,20-22H2,1-3H3,(H,34,38). The summed E-state index contributed by atoms with van der Waals surface area (Å²) in [7, 11) is -4.29. The Hall–Kier alpha value is -3.63. The Morgan fingerprint density at radius 2 is 1.60 bits per heavy atom. The van der Waals surface area contributed by atoms with Crippen LogP contribution in [0.3, 0.4) is 0 Å². The van der Waals surface area contributed by atoms with Crippen LogP contribution < -0.4 is 14.4 Å². The van der Waals surface area contributed by atoms with Gasteiger partial charge >= 0.3 is 0 Å². The third kappa shape index (κ3) is 8.69. The van der Waals surface area contributed by atoms with E-state index in [0.717, 1.165) is 34.8 Å². The van der Waals surface area contributed by atoms with Crippen molar-refractivity contribution in [3.8, 4) is 5.75 Å². The number of anilines is 1. The topological polar surface area (TPSA) is 96.0 Å². The van der Waals surface area contributed by atoms with Gasteiger partial charge in [-0.25, -0.2) is 12.8 Å². The third-order valence-corrected chi connectivity index (χ3v) is 8.64. The second kappa shape index (κ2) is 15.6. The Labute approximate surface area is 252 Å². The Kier molecular flexibility index (Phi) is 12.2. The molecule has 0 aliphatic carbocycles. The van der Waals surface area contributed by atoms with Crippen LogP contribution in [0.4, 0.5) is 10.1 Å². The van der Waals surface area contributed by atoms with Gasteiger partial charge in [0.15, 0.2) is 0 Å². The number of rotatable bonds is 15. The SMILES string of the molecule is CCCCNC(=O)C(CC)N(Cc1ccc(Cl)cc1)C(=O)CN(c1ccc(F)cc1)S(=O)(=O)c1ccc(OCC)cc1. The van der Waals surface area contributed by atoms with Crippen LogP contribution in [0.2, 0.25) is 5.02 Å². The molecular formula is C31H37ClFN3O5S. The smallest absolute Gasteiger partial charge is 0.264 e. The number of benzene rings is 3. The van der Waals surface area contributed by atoms with Gasteiger partial charge in [0.2, 0.25) is 11.8 Å². The first-order chi connectivity index (χ1) is 20.1. The van der Waals surface area contributed by atoms with Crippen LogP contribution in [0.15, 0.2) is 77.7 Å². The van der Waals surface area contributed by atoms with Crippen molar-refractivity contribution in [2.75, 3.05) is 24.0 Å². The first kappa shape index (κ1) is 32.9. The molecule has 0 aromatic heterocycles. The molecule has 2 amide bonds. The summed E-state index contributed by atoms with van der Waals surface area (Å²) in [5.41, 5.74) is 0.820. The molecule has 3 aromatic carbocycles. The van der Waals surface area contributed by atoms with E-state index in [0.29, 0.717) is 30.3 Å². The van der Waals surface area contributed by atoms with Crippen LogP contribution >= 0.6 is 11.6 Å². The average Bonchev–Trinajstić information content (AvgIpc) is 2.98. The van der Waals surface area contributed by atoms with Gasteiger partial charge in [-0.3, -0.25) is 13.9 Å². The van der Waals surface area contributed by atoms with Gasteiger partial charge in [0, 0.05) is 18.1 Å². The molecule has 0 aliphatic heterocycles. The highest BCUT2D eigenvalue weighted by atomic mass is 35.5. The molecule has 42 heavy (non-hydrogen) atoms. The summed E-state index contributed by atoms with van der Waals surface area (Å²) in [5.74, 6) is -0.977. The number of carbonyl (C=O) groups excluding carboxylic acids is 2. The number of sulfonamides is 1. The van der Waals surface area contributed by atoms with Gasteiger partial charge in [-0.2, -0.15) is 0 Å². The van der Waals surface area contributed by atoms with Crippen molar-refractivity contribution >= 4 is 39.1 Å². The first-order valence-corrected chi connectivity index (χ1v) is 15.7. The highest BCUT2D eigenvalue weighted by Crippen LogP contribution is 2.26. The predicted molar refractivity (Wildman–Crippen MR) is 163 cm³/mol. The maximum Gasteiger partial charge on any atom is 0.264 e. The number of nitrogens with one attached hydrogen (secondary N) is 1. The van der Waals surface area contributed by atoms with E-state index in [1.165, 1.54) is 41.3 Å². The van der Waals surface area contributed by atoms with E-state index in [2.05, 4.69) is 5.32 Å². The minimum atomic E-state index is -4.29. The van der Waals surface area contributed by atoms with Gasteiger partial charge in [-0.15, -0.1) is 0 Å². The van der Waals surface area contributed by atoms with E-state index in [1.54, 1.807) is 31.2 Å². The van der Waals surface area contributed by atoms with Crippen molar-refractivity contribution in [2.45, 2.75) is 57.5 Å². The Balaban J connectivity index is 2.02. The van der Waals surface area contributed by atoms with E-state index in [4.69, 9.17) is 16.3 Å². The van der Waals surface area contributed by atoms with Crippen molar-refractivity contribution in [2.24, 2.45) is 0 Å². The molecule has 1 atom stereocenters. The predicted octanol–water partition coefficient (Wildman–Crippen LogP) is 5.80. The second-order valence-corrected chi connectivity index (χ2v) is 11.9. The number of ether oxygens (including phenoxy) is 1. The van der Waals surface area contributed by atoms with Crippen molar-refractivity contribution in [1.82, 2.24) is 10.2 Å². The maximum absolute atomic E-state index is 14.0. The molecule has 0 fully saturated rings. The molecule has 0 radical (unpaired) electrons. The van der Waals surface area contributed by atoms with Crippen molar-refractivity contribution in [3.05, 3.63) is 89.2 Å². The molecule has 0 saturated heterocycles. The minimum Gasteiger partial charge on any atom is -0.494 e. The van der Waals surface area contributed by atoms with Crippen molar-refractivity contribution in [1.29, 1.82) is 0 Å². The van der Waals surface area contributed by atoms with Gasteiger partial charge in [-0.1, -0.05) is 44.0 Å². The fourth-order valence-corrected chi connectivity index (χ4v) is 5.89. The number of hydrogen-bond acceptors (Lipinski definition) is 5. The van der Waals surface area contributed by atoms with E-state index >= 15 is 0 Å². The van der Waals surface area contributed by atoms with Crippen molar-refractivity contribution in [3.63, 3.8) is 0 Å². The van der Waals surface area contributed by atoms with Crippen molar-refractivity contribution < 1.29 is 27.1 Å². The molecule has 0 saturated carbocycles. The lowest BCUT2D eigenvalue weighted by molar-refractivity contribution is -0.140. The van der Waals surface area contributed by atoms with Gasteiger partial charge in [0.1, 0.15) is 24.2 Å². The summed E-state index contributed by atoms with van der Waals surface area (Å²) in [6, 6.07) is 16.7.